The lowest BCUT2D eigenvalue weighted by atomic mass is 10.1. The quantitative estimate of drug-likeness (QED) is 0.879. The van der Waals surface area contributed by atoms with E-state index < -0.39 is 6.04 Å². The number of nitrogens with zero attached hydrogens (tertiary/aromatic N) is 2. The van der Waals surface area contributed by atoms with Crippen molar-refractivity contribution in [2.75, 3.05) is 24.7 Å². The van der Waals surface area contributed by atoms with Crippen molar-refractivity contribution in [3.05, 3.63) is 30.3 Å². The highest BCUT2D eigenvalue weighted by molar-refractivity contribution is 6.02. The lowest BCUT2D eigenvalue weighted by Gasteiger charge is -2.35. The number of anilines is 1. The molecule has 146 valence electrons. The molecule has 4 rings (SSSR count). The average molecular weight is 371 g/mol. The number of hydrogen-bond acceptors (Lipinski definition) is 4. The molecule has 3 saturated heterocycles. The van der Waals surface area contributed by atoms with Crippen LogP contribution in [-0.4, -0.2) is 60.6 Å². The summed E-state index contributed by atoms with van der Waals surface area (Å²) in [5, 5.41) is 3.07. The molecule has 1 aromatic rings. The lowest BCUT2D eigenvalue weighted by Crippen LogP contribution is -2.52. The minimum Gasteiger partial charge on any atom is -0.381 e. The van der Waals surface area contributed by atoms with Crippen LogP contribution in [0.15, 0.2) is 30.3 Å². The summed E-state index contributed by atoms with van der Waals surface area (Å²) in [6.45, 7) is 4.56. The second-order valence-corrected chi connectivity index (χ2v) is 7.93. The Morgan fingerprint density at radius 2 is 1.89 bits per heavy atom. The van der Waals surface area contributed by atoms with Crippen molar-refractivity contribution < 1.29 is 14.3 Å². The average Bonchev–Trinajstić information content (AvgIpc) is 3.28. The normalized spacial score (nSPS) is 30.0. The van der Waals surface area contributed by atoms with Gasteiger partial charge in [0.05, 0.1) is 6.04 Å². The maximum Gasteiger partial charge on any atom is 0.249 e. The second kappa shape index (κ2) is 7.98. The van der Waals surface area contributed by atoms with E-state index in [1.165, 1.54) is 0 Å². The van der Waals surface area contributed by atoms with Gasteiger partial charge >= 0.3 is 0 Å². The number of benzene rings is 1. The van der Waals surface area contributed by atoms with Crippen molar-refractivity contribution in [3.8, 4) is 0 Å². The molecule has 6 nitrogen and oxygen atoms in total. The van der Waals surface area contributed by atoms with Gasteiger partial charge in [0, 0.05) is 31.0 Å². The number of carbonyl (C=O) groups is 2. The van der Waals surface area contributed by atoms with Crippen LogP contribution in [0.5, 0.6) is 0 Å². The van der Waals surface area contributed by atoms with E-state index in [9.17, 15) is 9.59 Å². The molecular formula is C21H29N3O3. The summed E-state index contributed by atoms with van der Waals surface area (Å²) in [6.07, 6.45) is 4.56. The van der Waals surface area contributed by atoms with Gasteiger partial charge < -0.3 is 15.0 Å². The highest BCUT2D eigenvalue weighted by Gasteiger charge is 2.42. The number of likely N-dealkylation sites (tertiary alicyclic amines) is 1. The van der Waals surface area contributed by atoms with Crippen molar-refractivity contribution in [2.24, 2.45) is 0 Å². The first kappa shape index (κ1) is 18.4. The molecule has 1 N–H and O–H groups in total. The van der Waals surface area contributed by atoms with E-state index in [4.69, 9.17) is 4.74 Å². The molecule has 0 saturated carbocycles. The summed E-state index contributed by atoms with van der Waals surface area (Å²) in [7, 11) is 0. The van der Waals surface area contributed by atoms with Crippen LogP contribution in [0.3, 0.4) is 0 Å². The van der Waals surface area contributed by atoms with E-state index in [0.29, 0.717) is 12.5 Å². The third-order valence-corrected chi connectivity index (χ3v) is 6.16. The fraction of sp³-hybridized carbons (Fsp3) is 0.619. The van der Waals surface area contributed by atoms with Crippen molar-refractivity contribution in [2.45, 2.75) is 63.2 Å². The Bertz CT molecular complexity index is 675. The Balaban J connectivity index is 1.41. The van der Waals surface area contributed by atoms with Crippen LogP contribution in [0.1, 0.15) is 39.0 Å². The first-order valence-corrected chi connectivity index (χ1v) is 10.2. The fourth-order valence-electron chi connectivity index (χ4n) is 4.82. The molecule has 0 aromatic heterocycles. The van der Waals surface area contributed by atoms with E-state index in [-0.39, 0.29) is 23.9 Å². The molecule has 0 aliphatic carbocycles. The summed E-state index contributed by atoms with van der Waals surface area (Å²) in [6, 6.07) is 9.68. The Morgan fingerprint density at radius 1 is 1.15 bits per heavy atom. The number of carbonyl (C=O) groups excluding carboxylic acids is 2. The van der Waals surface area contributed by atoms with E-state index in [0.717, 1.165) is 51.1 Å². The summed E-state index contributed by atoms with van der Waals surface area (Å²) in [5.41, 5.74) is 0.899. The lowest BCUT2D eigenvalue weighted by molar-refractivity contribution is -0.130. The predicted octanol–water partition coefficient (Wildman–Crippen LogP) is 1.94. The largest absolute Gasteiger partial charge is 0.381 e. The highest BCUT2D eigenvalue weighted by atomic mass is 16.5. The molecule has 3 aliphatic heterocycles. The van der Waals surface area contributed by atoms with E-state index in [2.05, 4.69) is 10.2 Å². The van der Waals surface area contributed by atoms with Gasteiger partial charge in [-0.3, -0.25) is 14.5 Å². The molecule has 3 heterocycles. The summed E-state index contributed by atoms with van der Waals surface area (Å²) in [5.74, 6) is 0.0112. The molecule has 1 aromatic carbocycles. The van der Waals surface area contributed by atoms with Gasteiger partial charge in [0.2, 0.25) is 11.8 Å². The van der Waals surface area contributed by atoms with Crippen LogP contribution in [0.2, 0.25) is 0 Å². The van der Waals surface area contributed by atoms with Gasteiger partial charge in [0.15, 0.2) is 0 Å². The molecule has 0 radical (unpaired) electrons. The summed E-state index contributed by atoms with van der Waals surface area (Å²) < 4.78 is 5.46. The molecular weight excluding hydrogens is 342 g/mol. The Morgan fingerprint density at radius 3 is 2.63 bits per heavy atom. The zero-order chi connectivity index (χ0) is 18.8. The molecule has 0 bridgehead atoms. The fourth-order valence-corrected chi connectivity index (χ4v) is 4.82. The van der Waals surface area contributed by atoms with Crippen molar-refractivity contribution >= 4 is 17.5 Å². The zero-order valence-corrected chi connectivity index (χ0v) is 16.0. The van der Waals surface area contributed by atoms with Gasteiger partial charge in [-0.25, -0.2) is 0 Å². The van der Waals surface area contributed by atoms with Gasteiger partial charge in [-0.2, -0.15) is 0 Å². The number of rotatable bonds is 4. The minimum atomic E-state index is -0.426. The third-order valence-electron chi connectivity index (χ3n) is 6.16. The first-order valence-electron chi connectivity index (χ1n) is 10.2. The van der Waals surface area contributed by atoms with Gasteiger partial charge in [0.25, 0.3) is 0 Å². The van der Waals surface area contributed by atoms with Crippen molar-refractivity contribution in [1.29, 1.82) is 0 Å². The number of amides is 2. The van der Waals surface area contributed by atoms with Crippen LogP contribution in [-0.2, 0) is 14.3 Å². The minimum absolute atomic E-state index is 0.00216. The molecule has 0 spiro atoms. The Labute approximate surface area is 160 Å². The Kier molecular flexibility index (Phi) is 5.45. The molecule has 0 unspecified atom stereocenters. The standard InChI is InChI=1S/C21H29N3O3/c1-15-14-18(21(26)24(15)17-6-3-2-4-7-17)22-20(25)19-8-5-11-23(19)16-9-12-27-13-10-16/h2-4,6-7,15-16,18-19H,5,8-14H2,1H3,(H,22,25)/t15-,18-,19+/m1/s1. The monoisotopic (exact) mass is 371 g/mol. The van der Waals surface area contributed by atoms with E-state index >= 15 is 0 Å². The zero-order valence-electron chi connectivity index (χ0n) is 16.0. The Hall–Kier alpha value is -1.92. The van der Waals surface area contributed by atoms with Crippen LogP contribution < -0.4 is 10.2 Å². The SMILES string of the molecule is C[C@@H]1C[C@@H](NC(=O)[C@@H]2CCCN2C2CCOCC2)C(=O)N1c1ccccc1. The van der Waals surface area contributed by atoms with E-state index in [1.807, 2.05) is 42.2 Å². The molecule has 3 fully saturated rings. The summed E-state index contributed by atoms with van der Waals surface area (Å²) >= 11 is 0. The number of para-hydroxylation sites is 1. The molecule has 3 aliphatic rings. The topological polar surface area (TPSA) is 61.9 Å². The maximum atomic E-state index is 13.0. The van der Waals surface area contributed by atoms with Crippen LogP contribution in [0, 0.1) is 0 Å². The molecule has 3 atom stereocenters. The molecule has 2 amide bonds. The van der Waals surface area contributed by atoms with Gasteiger partial charge in [-0.15, -0.1) is 0 Å². The maximum absolute atomic E-state index is 13.0. The highest BCUT2D eigenvalue weighted by Crippen LogP contribution is 2.28. The smallest absolute Gasteiger partial charge is 0.249 e. The summed E-state index contributed by atoms with van der Waals surface area (Å²) in [4.78, 5) is 30.1. The molecule has 6 heteroatoms. The second-order valence-electron chi connectivity index (χ2n) is 7.93. The van der Waals surface area contributed by atoms with Gasteiger partial charge in [-0.05, 0) is 57.7 Å². The van der Waals surface area contributed by atoms with Gasteiger partial charge in [0.1, 0.15) is 6.04 Å². The van der Waals surface area contributed by atoms with Gasteiger partial charge in [-0.1, -0.05) is 18.2 Å². The van der Waals surface area contributed by atoms with Crippen molar-refractivity contribution in [3.63, 3.8) is 0 Å². The number of ether oxygens (including phenoxy) is 1. The van der Waals surface area contributed by atoms with Crippen molar-refractivity contribution in [1.82, 2.24) is 10.2 Å². The first-order chi connectivity index (χ1) is 13.1. The van der Waals surface area contributed by atoms with Crippen LogP contribution in [0.25, 0.3) is 0 Å². The number of hydrogen-bond donors (Lipinski definition) is 1. The number of nitrogens with one attached hydrogen (secondary N) is 1. The van der Waals surface area contributed by atoms with E-state index in [1.54, 1.807) is 0 Å². The predicted molar refractivity (Wildman–Crippen MR) is 104 cm³/mol. The van der Waals surface area contributed by atoms with Crippen LogP contribution >= 0.6 is 0 Å². The third kappa shape index (κ3) is 3.73. The van der Waals surface area contributed by atoms with Crippen LogP contribution in [0.4, 0.5) is 5.69 Å². The molecule has 27 heavy (non-hydrogen) atoms.